The largest absolute Gasteiger partial charge is 0.348 e. The highest BCUT2D eigenvalue weighted by Crippen LogP contribution is 2.36. The molecule has 4 heteroatoms. The van der Waals surface area contributed by atoms with Gasteiger partial charge in [-0.1, -0.05) is 90.0 Å². The summed E-state index contributed by atoms with van der Waals surface area (Å²) in [5, 5.41) is 8.86. The summed E-state index contributed by atoms with van der Waals surface area (Å²) in [6.45, 7) is 3.61. The normalized spacial score (nSPS) is 26.5. The fraction of sp³-hybridized carbons (Fsp3) is 0.741. The van der Waals surface area contributed by atoms with Gasteiger partial charge in [0.2, 0.25) is 0 Å². The first-order valence-electron chi connectivity index (χ1n) is 12.6. The van der Waals surface area contributed by atoms with Crippen molar-refractivity contribution >= 4 is 0 Å². The maximum absolute atomic E-state index is 13.8. The van der Waals surface area contributed by atoms with Crippen molar-refractivity contribution in [2.75, 3.05) is 13.2 Å². The molecule has 2 aliphatic rings. The third kappa shape index (κ3) is 7.88. The van der Waals surface area contributed by atoms with Crippen LogP contribution in [0.25, 0.3) is 0 Å². The zero-order valence-electron chi connectivity index (χ0n) is 19.3. The minimum Gasteiger partial charge on any atom is -0.348 e. The van der Waals surface area contributed by atoms with E-state index in [2.05, 4.69) is 6.92 Å². The lowest BCUT2D eigenvalue weighted by Crippen LogP contribution is -2.28. The maximum Gasteiger partial charge on any atom is 0.183 e. The van der Waals surface area contributed by atoms with Crippen LogP contribution >= 0.6 is 0 Å². The molecule has 0 N–H and O–H groups in total. The lowest BCUT2D eigenvalue weighted by Gasteiger charge is -2.32. The summed E-state index contributed by atoms with van der Waals surface area (Å²) in [5.41, 5.74) is 0.706. The van der Waals surface area contributed by atoms with E-state index in [9.17, 15) is 4.39 Å². The van der Waals surface area contributed by atoms with Crippen LogP contribution in [0.15, 0.2) is 18.2 Å². The lowest BCUT2D eigenvalue weighted by atomic mass is 9.77. The second-order valence-corrected chi connectivity index (χ2v) is 9.74. The molecule has 1 aliphatic heterocycles. The van der Waals surface area contributed by atoms with E-state index in [0.717, 1.165) is 18.3 Å². The van der Waals surface area contributed by atoms with Crippen LogP contribution in [0.4, 0.5) is 4.39 Å². The molecule has 31 heavy (non-hydrogen) atoms. The summed E-state index contributed by atoms with van der Waals surface area (Å²) < 4.78 is 25.6. The number of rotatable bonds is 11. The number of hydrogen-bond donors (Lipinski definition) is 0. The molecule has 1 aromatic carbocycles. The van der Waals surface area contributed by atoms with Gasteiger partial charge >= 0.3 is 0 Å². The lowest BCUT2D eigenvalue weighted by molar-refractivity contribution is -0.206. The van der Waals surface area contributed by atoms with Crippen LogP contribution in [0.3, 0.4) is 0 Å². The highest BCUT2D eigenvalue weighted by Gasteiger charge is 2.26. The average Bonchev–Trinajstić information content (AvgIpc) is 2.81. The highest BCUT2D eigenvalue weighted by atomic mass is 19.1. The van der Waals surface area contributed by atoms with Gasteiger partial charge in [0.1, 0.15) is 11.9 Å². The SMILES string of the molecule is CCCCCCCCC1CCC(CCC2COC(c3ccc(C#N)c(F)c3)OC2)CC1. The van der Waals surface area contributed by atoms with Crippen LogP contribution in [0.2, 0.25) is 0 Å². The Bertz CT molecular complexity index is 685. The van der Waals surface area contributed by atoms with Gasteiger partial charge in [-0.3, -0.25) is 0 Å². The molecule has 1 heterocycles. The number of nitrogens with zero attached hydrogens (tertiary/aromatic N) is 1. The van der Waals surface area contributed by atoms with E-state index in [-0.39, 0.29) is 5.56 Å². The minimum atomic E-state index is -0.518. The molecular formula is C27H40FNO2. The van der Waals surface area contributed by atoms with Crippen LogP contribution in [0, 0.1) is 34.9 Å². The molecule has 2 fully saturated rings. The molecule has 0 radical (unpaired) electrons. The molecule has 3 rings (SSSR count). The van der Waals surface area contributed by atoms with Crippen LogP contribution in [-0.2, 0) is 9.47 Å². The second kappa shape index (κ2) is 13.2. The molecular weight excluding hydrogens is 389 g/mol. The van der Waals surface area contributed by atoms with Gasteiger partial charge in [-0.25, -0.2) is 4.39 Å². The molecule has 0 amide bonds. The smallest absolute Gasteiger partial charge is 0.183 e. The Morgan fingerprint density at radius 3 is 2.13 bits per heavy atom. The molecule has 3 nitrogen and oxygen atoms in total. The summed E-state index contributed by atoms with van der Waals surface area (Å²) in [6, 6.07) is 6.41. The predicted molar refractivity (Wildman–Crippen MR) is 122 cm³/mol. The van der Waals surface area contributed by atoms with Gasteiger partial charge < -0.3 is 9.47 Å². The van der Waals surface area contributed by atoms with Gasteiger partial charge in [-0.2, -0.15) is 5.26 Å². The van der Waals surface area contributed by atoms with Crippen LogP contribution in [-0.4, -0.2) is 13.2 Å². The minimum absolute atomic E-state index is 0.0548. The van der Waals surface area contributed by atoms with Gasteiger partial charge in [0.05, 0.1) is 18.8 Å². The van der Waals surface area contributed by atoms with Crippen molar-refractivity contribution in [3.63, 3.8) is 0 Å². The van der Waals surface area contributed by atoms with E-state index in [1.807, 2.05) is 6.07 Å². The Labute approximate surface area is 188 Å². The number of nitriles is 1. The number of ether oxygens (including phenoxy) is 2. The molecule has 1 saturated heterocycles. The Kier molecular flexibility index (Phi) is 10.3. The average molecular weight is 430 g/mol. The Balaban J connectivity index is 1.27. The summed E-state index contributed by atoms with van der Waals surface area (Å²) in [6.07, 6.45) is 17.4. The molecule has 1 aliphatic carbocycles. The molecule has 0 atom stereocenters. The van der Waals surface area contributed by atoms with Crippen molar-refractivity contribution < 1.29 is 13.9 Å². The van der Waals surface area contributed by atoms with E-state index in [0.29, 0.717) is 24.7 Å². The molecule has 0 aromatic heterocycles. The van der Waals surface area contributed by atoms with Crippen molar-refractivity contribution in [1.82, 2.24) is 0 Å². The molecule has 1 saturated carbocycles. The first kappa shape index (κ1) is 24.2. The zero-order chi connectivity index (χ0) is 21.9. The van der Waals surface area contributed by atoms with Gasteiger partial charge in [-0.05, 0) is 30.4 Å². The quantitative estimate of drug-likeness (QED) is 0.338. The monoisotopic (exact) mass is 429 g/mol. The molecule has 0 bridgehead atoms. The first-order chi connectivity index (χ1) is 15.2. The van der Waals surface area contributed by atoms with Crippen molar-refractivity contribution in [3.8, 4) is 6.07 Å². The topological polar surface area (TPSA) is 42.2 Å². The standard InChI is InChI=1S/C27H40FNO2/c1-2-3-4-5-6-7-8-21-9-11-22(12-10-21)13-14-23-19-30-27(31-20-23)24-15-16-25(18-29)26(28)17-24/h15-17,21-23,27H,2-14,19-20H2,1H3. The maximum atomic E-state index is 13.8. The van der Waals surface area contributed by atoms with Crippen molar-refractivity contribution in [3.05, 3.63) is 35.1 Å². The summed E-state index contributed by atoms with van der Waals surface area (Å²) >= 11 is 0. The Hall–Kier alpha value is -1.44. The number of halogens is 1. The van der Waals surface area contributed by atoms with E-state index < -0.39 is 12.1 Å². The summed E-state index contributed by atoms with van der Waals surface area (Å²) in [5.74, 6) is 1.75. The van der Waals surface area contributed by atoms with E-state index >= 15 is 0 Å². The number of benzene rings is 1. The molecule has 172 valence electrons. The van der Waals surface area contributed by atoms with Crippen LogP contribution < -0.4 is 0 Å². The number of hydrogen-bond acceptors (Lipinski definition) is 3. The van der Waals surface area contributed by atoms with Crippen molar-refractivity contribution in [2.24, 2.45) is 17.8 Å². The third-order valence-corrected chi connectivity index (χ3v) is 7.27. The van der Waals surface area contributed by atoms with Gasteiger partial charge in [0.15, 0.2) is 6.29 Å². The van der Waals surface area contributed by atoms with Gasteiger partial charge in [0, 0.05) is 11.5 Å². The first-order valence-corrected chi connectivity index (χ1v) is 12.6. The Morgan fingerprint density at radius 2 is 1.48 bits per heavy atom. The van der Waals surface area contributed by atoms with Crippen LogP contribution in [0.5, 0.6) is 0 Å². The fourth-order valence-corrected chi connectivity index (χ4v) is 5.16. The highest BCUT2D eigenvalue weighted by molar-refractivity contribution is 5.33. The third-order valence-electron chi connectivity index (χ3n) is 7.27. The van der Waals surface area contributed by atoms with E-state index in [1.165, 1.54) is 89.2 Å². The fourth-order valence-electron chi connectivity index (χ4n) is 5.16. The van der Waals surface area contributed by atoms with E-state index in [4.69, 9.17) is 14.7 Å². The van der Waals surface area contributed by atoms with Crippen LogP contribution in [0.1, 0.15) is 108 Å². The second-order valence-electron chi connectivity index (χ2n) is 9.74. The summed E-state index contributed by atoms with van der Waals surface area (Å²) in [4.78, 5) is 0. The molecule has 0 unspecified atom stereocenters. The molecule has 0 spiro atoms. The zero-order valence-corrected chi connectivity index (χ0v) is 19.3. The van der Waals surface area contributed by atoms with E-state index in [1.54, 1.807) is 6.07 Å². The van der Waals surface area contributed by atoms with Gasteiger partial charge in [0.25, 0.3) is 0 Å². The van der Waals surface area contributed by atoms with Crippen molar-refractivity contribution in [2.45, 2.75) is 96.7 Å². The number of unbranched alkanes of at least 4 members (excludes halogenated alkanes) is 5. The predicted octanol–water partition coefficient (Wildman–Crippen LogP) is 7.70. The molecule has 1 aromatic rings. The Morgan fingerprint density at radius 1 is 0.871 bits per heavy atom. The van der Waals surface area contributed by atoms with Crippen molar-refractivity contribution in [1.29, 1.82) is 5.26 Å². The summed E-state index contributed by atoms with van der Waals surface area (Å²) in [7, 11) is 0. The van der Waals surface area contributed by atoms with Gasteiger partial charge in [-0.15, -0.1) is 0 Å².